The number of carbonyl (C=O) groups excluding carboxylic acids is 1. The van der Waals surface area contributed by atoms with Crippen molar-refractivity contribution in [1.82, 2.24) is 35.0 Å². The van der Waals surface area contributed by atoms with Crippen LogP contribution in [0.4, 0.5) is 10.1 Å². The molecule has 2 aromatic carbocycles. The van der Waals surface area contributed by atoms with Gasteiger partial charge in [-0.05, 0) is 52.2 Å². The number of tetrazole rings is 1. The largest absolute Gasteiger partial charge is 0.319 e. The third-order valence-electron chi connectivity index (χ3n) is 4.60. The first kappa shape index (κ1) is 19.7. The summed E-state index contributed by atoms with van der Waals surface area (Å²) in [6.07, 6.45) is 0. The molecular formula is C21H15FN8OS. The Labute approximate surface area is 185 Å². The van der Waals surface area contributed by atoms with Gasteiger partial charge in [0.25, 0.3) is 5.91 Å². The van der Waals surface area contributed by atoms with Gasteiger partial charge in [0.1, 0.15) is 5.82 Å². The van der Waals surface area contributed by atoms with Crippen LogP contribution in [0.2, 0.25) is 0 Å². The molecule has 32 heavy (non-hydrogen) atoms. The van der Waals surface area contributed by atoms with Crippen LogP contribution in [-0.4, -0.2) is 40.9 Å². The van der Waals surface area contributed by atoms with Crippen LogP contribution in [0.15, 0.2) is 66.0 Å². The van der Waals surface area contributed by atoms with E-state index in [0.717, 1.165) is 10.4 Å². The van der Waals surface area contributed by atoms with Gasteiger partial charge in [0.2, 0.25) is 5.82 Å². The number of thiophene rings is 1. The predicted molar refractivity (Wildman–Crippen MR) is 117 cm³/mol. The molecule has 1 N–H and O–H groups in total. The number of rotatable bonds is 5. The molecule has 0 atom stereocenters. The molecule has 0 fully saturated rings. The van der Waals surface area contributed by atoms with Gasteiger partial charge in [0.15, 0.2) is 11.6 Å². The quantitative estimate of drug-likeness (QED) is 0.443. The number of benzene rings is 2. The predicted octanol–water partition coefficient (Wildman–Crippen LogP) is 3.58. The molecule has 158 valence electrons. The first-order chi connectivity index (χ1) is 15.6. The summed E-state index contributed by atoms with van der Waals surface area (Å²) < 4.78 is 16.8. The lowest BCUT2D eigenvalue weighted by Crippen LogP contribution is -2.14. The van der Waals surface area contributed by atoms with Gasteiger partial charge in [-0.15, -0.1) is 21.5 Å². The van der Waals surface area contributed by atoms with E-state index >= 15 is 0 Å². The summed E-state index contributed by atoms with van der Waals surface area (Å²) in [7, 11) is 1.73. The van der Waals surface area contributed by atoms with Crippen LogP contribution < -0.4 is 5.32 Å². The number of hydrogen-bond donors (Lipinski definition) is 1. The summed E-state index contributed by atoms with van der Waals surface area (Å²) in [6.45, 7) is 0. The molecule has 0 bridgehead atoms. The molecule has 0 aliphatic carbocycles. The van der Waals surface area contributed by atoms with Crippen molar-refractivity contribution in [2.45, 2.75) is 0 Å². The smallest absolute Gasteiger partial charge is 0.295 e. The fourth-order valence-electron chi connectivity index (χ4n) is 3.16. The average molecular weight is 446 g/mol. The van der Waals surface area contributed by atoms with Crippen molar-refractivity contribution in [3.8, 4) is 27.8 Å². The Morgan fingerprint density at radius 1 is 1.06 bits per heavy atom. The summed E-state index contributed by atoms with van der Waals surface area (Å²) >= 11 is 1.45. The van der Waals surface area contributed by atoms with E-state index in [1.54, 1.807) is 37.4 Å². The third-order valence-corrected chi connectivity index (χ3v) is 5.47. The van der Waals surface area contributed by atoms with E-state index in [1.165, 1.54) is 32.8 Å². The molecule has 3 aromatic heterocycles. The number of aryl methyl sites for hydroxylation is 1. The Bertz CT molecular complexity index is 1410. The highest BCUT2D eigenvalue weighted by Crippen LogP contribution is 2.26. The fraction of sp³-hybridized carbons (Fsp3) is 0.0476. The van der Waals surface area contributed by atoms with Crippen molar-refractivity contribution in [1.29, 1.82) is 0 Å². The SMILES string of the molecule is Cn1nnnc1-c1cccc(NC(=O)c2nc(-c3cccs3)n(-c3cccc(F)c3)n2)c1. The Kier molecular flexibility index (Phi) is 5.00. The number of nitrogens with one attached hydrogen (secondary N) is 1. The molecule has 0 aliphatic heterocycles. The monoisotopic (exact) mass is 446 g/mol. The van der Waals surface area contributed by atoms with Crippen molar-refractivity contribution < 1.29 is 9.18 Å². The summed E-state index contributed by atoms with van der Waals surface area (Å²) in [6, 6.07) is 16.8. The first-order valence-electron chi connectivity index (χ1n) is 9.49. The number of carbonyl (C=O) groups is 1. The molecule has 1 amide bonds. The van der Waals surface area contributed by atoms with E-state index in [2.05, 4.69) is 30.9 Å². The number of aromatic nitrogens is 7. The van der Waals surface area contributed by atoms with E-state index in [-0.39, 0.29) is 5.82 Å². The van der Waals surface area contributed by atoms with Crippen molar-refractivity contribution in [3.63, 3.8) is 0 Å². The number of anilines is 1. The molecule has 0 aliphatic rings. The lowest BCUT2D eigenvalue weighted by Gasteiger charge is -2.05. The van der Waals surface area contributed by atoms with Gasteiger partial charge in [-0.1, -0.05) is 24.3 Å². The Hall–Kier alpha value is -4.25. The first-order valence-corrected chi connectivity index (χ1v) is 10.4. The summed E-state index contributed by atoms with van der Waals surface area (Å²) in [5.74, 6) is 0.0787. The zero-order valence-corrected chi connectivity index (χ0v) is 17.5. The van der Waals surface area contributed by atoms with E-state index in [0.29, 0.717) is 23.0 Å². The standard InChI is InChI=1S/C21H15FN8OS/c1-29-19(25-27-28-29)13-5-2-7-15(11-13)23-21(31)18-24-20(17-9-4-10-32-17)30(26-18)16-8-3-6-14(22)12-16/h2-12H,1H3,(H,23,31). The van der Waals surface area contributed by atoms with Crippen LogP contribution in [0.3, 0.4) is 0 Å². The highest BCUT2D eigenvalue weighted by Gasteiger charge is 2.20. The van der Waals surface area contributed by atoms with Crippen LogP contribution >= 0.6 is 11.3 Å². The van der Waals surface area contributed by atoms with Crippen LogP contribution in [0, 0.1) is 5.82 Å². The molecular weight excluding hydrogens is 431 g/mol. The maximum absolute atomic E-state index is 13.8. The maximum atomic E-state index is 13.8. The highest BCUT2D eigenvalue weighted by atomic mass is 32.1. The maximum Gasteiger partial charge on any atom is 0.295 e. The minimum atomic E-state index is -0.494. The van der Waals surface area contributed by atoms with E-state index in [9.17, 15) is 9.18 Å². The Morgan fingerprint density at radius 2 is 1.94 bits per heavy atom. The van der Waals surface area contributed by atoms with Crippen LogP contribution in [-0.2, 0) is 7.05 Å². The van der Waals surface area contributed by atoms with Crippen molar-refractivity contribution >= 4 is 22.9 Å². The third kappa shape index (κ3) is 3.76. The lowest BCUT2D eigenvalue weighted by molar-refractivity contribution is 0.101. The Balaban J connectivity index is 1.48. The van der Waals surface area contributed by atoms with Crippen molar-refractivity contribution in [3.05, 3.63) is 77.7 Å². The molecule has 11 heteroatoms. The van der Waals surface area contributed by atoms with Gasteiger partial charge in [-0.2, -0.15) is 0 Å². The molecule has 5 aromatic rings. The summed E-state index contributed by atoms with van der Waals surface area (Å²) in [5, 5.41) is 20.5. The molecule has 5 rings (SSSR count). The van der Waals surface area contributed by atoms with Gasteiger partial charge < -0.3 is 5.32 Å². The van der Waals surface area contributed by atoms with Crippen LogP contribution in [0.25, 0.3) is 27.8 Å². The van der Waals surface area contributed by atoms with Crippen LogP contribution in [0.5, 0.6) is 0 Å². The van der Waals surface area contributed by atoms with E-state index in [4.69, 9.17) is 0 Å². The summed E-state index contributed by atoms with van der Waals surface area (Å²) in [5.41, 5.74) is 1.75. The molecule has 0 radical (unpaired) electrons. The zero-order chi connectivity index (χ0) is 22.1. The number of hydrogen-bond acceptors (Lipinski definition) is 7. The van der Waals surface area contributed by atoms with E-state index < -0.39 is 11.7 Å². The molecule has 3 heterocycles. The minimum absolute atomic E-state index is 0.0385. The Morgan fingerprint density at radius 3 is 2.69 bits per heavy atom. The number of amides is 1. The number of halogens is 1. The van der Waals surface area contributed by atoms with Crippen molar-refractivity contribution in [2.75, 3.05) is 5.32 Å². The second-order valence-electron chi connectivity index (χ2n) is 6.79. The molecule has 0 unspecified atom stereocenters. The fourth-order valence-corrected chi connectivity index (χ4v) is 3.86. The van der Waals surface area contributed by atoms with Gasteiger partial charge in [0.05, 0.1) is 10.6 Å². The molecule has 0 spiro atoms. The van der Waals surface area contributed by atoms with Crippen molar-refractivity contribution in [2.24, 2.45) is 7.05 Å². The topological polar surface area (TPSA) is 103 Å². The molecule has 9 nitrogen and oxygen atoms in total. The van der Waals surface area contributed by atoms with E-state index in [1.807, 2.05) is 23.6 Å². The molecule has 0 saturated heterocycles. The number of nitrogens with zero attached hydrogens (tertiary/aromatic N) is 7. The molecule has 0 saturated carbocycles. The second kappa shape index (κ2) is 8.12. The van der Waals surface area contributed by atoms with Crippen LogP contribution in [0.1, 0.15) is 10.6 Å². The summed E-state index contributed by atoms with van der Waals surface area (Å²) in [4.78, 5) is 18.2. The van der Waals surface area contributed by atoms with Gasteiger partial charge in [-0.25, -0.2) is 18.7 Å². The second-order valence-corrected chi connectivity index (χ2v) is 7.74. The zero-order valence-electron chi connectivity index (χ0n) is 16.7. The van der Waals surface area contributed by atoms with Gasteiger partial charge in [-0.3, -0.25) is 4.79 Å². The minimum Gasteiger partial charge on any atom is -0.319 e. The highest BCUT2D eigenvalue weighted by molar-refractivity contribution is 7.13. The lowest BCUT2D eigenvalue weighted by atomic mass is 10.2. The normalized spacial score (nSPS) is 10.9. The van der Waals surface area contributed by atoms with Gasteiger partial charge in [0, 0.05) is 18.3 Å². The average Bonchev–Trinajstić information content (AvgIpc) is 3.54. The van der Waals surface area contributed by atoms with Gasteiger partial charge >= 0.3 is 0 Å².